The summed E-state index contributed by atoms with van der Waals surface area (Å²) in [5.74, 6) is 0.952. The molecule has 1 fully saturated rings. The molecule has 1 aromatic carbocycles. The fourth-order valence-corrected chi connectivity index (χ4v) is 3.62. The molecule has 3 nitrogen and oxygen atoms in total. The van der Waals surface area contributed by atoms with E-state index in [4.69, 9.17) is 9.47 Å². The van der Waals surface area contributed by atoms with Gasteiger partial charge in [-0.1, -0.05) is 43.9 Å². The molecule has 0 radical (unpaired) electrons. The first-order valence-electron chi connectivity index (χ1n) is 8.10. The lowest BCUT2D eigenvalue weighted by Gasteiger charge is -2.43. The number of hydrogen-bond acceptors (Lipinski definition) is 3. The fraction of sp³-hybridized carbons (Fsp3) is 0.667. The van der Waals surface area contributed by atoms with Crippen molar-refractivity contribution in [1.82, 2.24) is 5.32 Å². The third-order valence-electron chi connectivity index (χ3n) is 4.74. The zero-order valence-electron chi connectivity index (χ0n) is 13.9. The third-order valence-corrected chi connectivity index (χ3v) is 4.74. The Morgan fingerprint density at radius 1 is 1.19 bits per heavy atom. The largest absolute Gasteiger partial charge is 0.496 e. The van der Waals surface area contributed by atoms with Crippen molar-refractivity contribution < 1.29 is 9.47 Å². The number of nitrogens with one attached hydrogen (secondary N) is 1. The van der Waals surface area contributed by atoms with E-state index in [0.717, 1.165) is 25.1 Å². The lowest BCUT2D eigenvalue weighted by atomic mass is 9.76. The lowest BCUT2D eigenvalue weighted by Crippen LogP contribution is -2.47. The molecule has 0 spiro atoms. The molecule has 0 aliphatic heterocycles. The first kappa shape index (κ1) is 16.3. The van der Waals surface area contributed by atoms with Gasteiger partial charge in [0.2, 0.25) is 0 Å². The second kappa shape index (κ2) is 7.28. The predicted molar refractivity (Wildman–Crippen MR) is 87.0 cm³/mol. The molecule has 0 bridgehead atoms. The van der Waals surface area contributed by atoms with E-state index in [1.165, 1.54) is 30.4 Å². The Kier molecular flexibility index (Phi) is 5.65. The summed E-state index contributed by atoms with van der Waals surface area (Å²) < 4.78 is 11.7. The summed E-state index contributed by atoms with van der Waals surface area (Å²) in [5, 5.41) is 3.66. The summed E-state index contributed by atoms with van der Waals surface area (Å²) in [4.78, 5) is 0. The van der Waals surface area contributed by atoms with E-state index in [1.54, 1.807) is 7.11 Å². The zero-order chi connectivity index (χ0) is 15.3. The van der Waals surface area contributed by atoms with Gasteiger partial charge < -0.3 is 14.8 Å². The average molecular weight is 291 g/mol. The standard InChI is InChI=1S/C18H29NO2/c1-5-19-17(18(21-4)11-7-6-8-12-18)15-13-14(2)9-10-16(15)20-3/h9-10,13,17,19H,5-8,11-12H2,1-4H3. The second-order valence-electron chi connectivity index (χ2n) is 6.07. The van der Waals surface area contributed by atoms with Crippen LogP contribution in [0, 0.1) is 6.92 Å². The van der Waals surface area contributed by atoms with Crippen molar-refractivity contribution in [2.45, 2.75) is 57.6 Å². The van der Waals surface area contributed by atoms with E-state index in [1.807, 2.05) is 7.11 Å². The third kappa shape index (κ3) is 3.41. The molecule has 1 aliphatic carbocycles. The normalized spacial score (nSPS) is 19.2. The number of hydrogen-bond donors (Lipinski definition) is 1. The van der Waals surface area contributed by atoms with Gasteiger partial charge in [-0.05, 0) is 32.4 Å². The van der Waals surface area contributed by atoms with Crippen molar-refractivity contribution in [3.63, 3.8) is 0 Å². The quantitative estimate of drug-likeness (QED) is 0.859. The lowest BCUT2D eigenvalue weighted by molar-refractivity contribution is -0.0688. The van der Waals surface area contributed by atoms with E-state index in [-0.39, 0.29) is 11.6 Å². The van der Waals surface area contributed by atoms with Gasteiger partial charge in [-0.3, -0.25) is 0 Å². The van der Waals surface area contributed by atoms with E-state index in [0.29, 0.717) is 0 Å². The van der Waals surface area contributed by atoms with Gasteiger partial charge in [-0.2, -0.15) is 0 Å². The Morgan fingerprint density at radius 2 is 1.90 bits per heavy atom. The summed E-state index contributed by atoms with van der Waals surface area (Å²) in [6.45, 7) is 5.21. The van der Waals surface area contributed by atoms with Crippen LogP contribution >= 0.6 is 0 Å². The molecular weight excluding hydrogens is 262 g/mol. The van der Waals surface area contributed by atoms with Crippen LogP contribution in [-0.2, 0) is 4.74 Å². The van der Waals surface area contributed by atoms with E-state index >= 15 is 0 Å². The van der Waals surface area contributed by atoms with Crippen LogP contribution in [0.4, 0.5) is 0 Å². The fourth-order valence-electron chi connectivity index (χ4n) is 3.62. The van der Waals surface area contributed by atoms with Crippen LogP contribution in [0.5, 0.6) is 5.75 Å². The summed E-state index contributed by atoms with van der Waals surface area (Å²) in [6.07, 6.45) is 6.01. The topological polar surface area (TPSA) is 30.5 Å². The molecule has 0 heterocycles. The average Bonchev–Trinajstić information content (AvgIpc) is 2.53. The van der Waals surface area contributed by atoms with Crippen molar-refractivity contribution in [3.8, 4) is 5.75 Å². The highest BCUT2D eigenvalue weighted by molar-refractivity contribution is 5.40. The summed E-state index contributed by atoms with van der Waals surface area (Å²) in [5.41, 5.74) is 2.37. The van der Waals surface area contributed by atoms with Crippen molar-refractivity contribution >= 4 is 0 Å². The van der Waals surface area contributed by atoms with E-state index < -0.39 is 0 Å². The number of aryl methyl sites for hydroxylation is 1. The van der Waals surface area contributed by atoms with Crippen molar-refractivity contribution in [3.05, 3.63) is 29.3 Å². The number of likely N-dealkylation sites (N-methyl/N-ethyl adjacent to an activating group) is 1. The first-order chi connectivity index (χ1) is 10.2. The van der Waals surface area contributed by atoms with Gasteiger partial charge in [-0.15, -0.1) is 0 Å². The number of rotatable bonds is 6. The molecule has 0 amide bonds. The Bertz CT molecular complexity index is 453. The minimum atomic E-state index is -0.116. The van der Waals surface area contributed by atoms with Crippen LogP contribution < -0.4 is 10.1 Å². The van der Waals surface area contributed by atoms with Crippen LogP contribution in [0.2, 0.25) is 0 Å². The van der Waals surface area contributed by atoms with Gasteiger partial charge in [-0.25, -0.2) is 0 Å². The summed E-state index contributed by atoms with van der Waals surface area (Å²) in [6, 6.07) is 6.59. The smallest absolute Gasteiger partial charge is 0.123 e. The van der Waals surface area contributed by atoms with Gasteiger partial charge >= 0.3 is 0 Å². The van der Waals surface area contributed by atoms with Gasteiger partial charge in [0.15, 0.2) is 0 Å². The number of ether oxygens (including phenoxy) is 2. The molecule has 3 heteroatoms. The van der Waals surface area contributed by atoms with Crippen molar-refractivity contribution in [2.75, 3.05) is 20.8 Å². The van der Waals surface area contributed by atoms with Crippen LogP contribution in [0.3, 0.4) is 0 Å². The predicted octanol–water partition coefficient (Wildman–Crippen LogP) is 4.00. The molecule has 0 aromatic heterocycles. The van der Waals surface area contributed by atoms with Crippen molar-refractivity contribution in [2.24, 2.45) is 0 Å². The molecule has 21 heavy (non-hydrogen) atoms. The Morgan fingerprint density at radius 3 is 2.48 bits per heavy atom. The molecular formula is C18H29NO2. The monoisotopic (exact) mass is 291 g/mol. The second-order valence-corrected chi connectivity index (χ2v) is 6.07. The van der Waals surface area contributed by atoms with Crippen LogP contribution in [0.15, 0.2) is 18.2 Å². The van der Waals surface area contributed by atoms with Gasteiger partial charge in [0.05, 0.1) is 18.8 Å². The van der Waals surface area contributed by atoms with E-state index in [2.05, 4.69) is 37.4 Å². The summed E-state index contributed by atoms with van der Waals surface area (Å²) in [7, 11) is 3.61. The molecule has 1 aromatic rings. The van der Waals surface area contributed by atoms with Crippen molar-refractivity contribution in [1.29, 1.82) is 0 Å². The highest BCUT2D eigenvalue weighted by Gasteiger charge is 2.41. The molecule has 1 atom stereocenters. The molecule has 1 aliphatic rings. The SMILES string of the molecule is CCNC(c1cc(C)ccc1OC)C1(OC)CCCCC1. The maximum Gasteiger partial charge on any atom is 0.123 e. The van der Waals surface area contributed by atoms with Crippen LogP contribution in [0.1, 0.15) is 56.2 Å². The molecule has 0 saturated heterocycles. The molecule has 1 unspecified atom stereocenters. The highest BCUT2D eigenvalue weighted by Crippen LogP contribution is 2.43. The first-order valence-corrected chi connectivity index (χ1v) is 8.10. The minimum absolute atomic E-state index is 0.116. The molecule has 2 rings (SSSR count). The van der Waals surface area contributed by atoms with Gasteiger partial charge in [0.25, 0.3) is 0 Å². The van der Waals surface area contributed by atoms with Crippen LogP contribution in [-0.4, -0.2) is 26.4 Å². The van der Waals surface area contributed by atoms with Crippen LogP contribution in [0.25, 0.3) is 0 Å². The van der Waals surface area contributed by atoms with Gasteiger partial charge in [0.1, 0.15) is 5.75 Å². The van der Waals surface area contributed by atoms with E-state index in [9.17, 15) is 0 Å². The molecule has 1 saturated carbocycles. The number of methoxy groups -OCH3 is 2. The zero-order valence-corrected chi connectivity index (χ0v) is 13.9. The molecule has 1 N–H and O–H groups in total. The minimum Gasteiger partial charge on any atom is -0.496 e. The van der Waals surface area contributed by atoms with Gasteiger partial charge in [0, 0.05) is 12.7 Å². The summed E-state index contributed by atoms with van der Waals surface area (Å²) >= 11 is 0. The Balaban J connectivity index is 2.44. The number of benzene rings is 1. The Labute approximate surface area is 129 Å². The maximum absolute atomic E-state index is 6.07. The Hall–Kier alpha value is -1.06. The highest BCUT2D eigenvalue weighted by atomic mass is 16.5. The maximum atomic E-state index is 6.07. The molecule has 118 valence electrons.